The molecule has 2 saturated carbocycles. The van der Waals surface area contributed by atoms with Gasteiger partial charge >= 0.3 is 0 Å². The molecule has 4 heteroatoms. The fourth-order valence-corrected chi connectivity index (χ4v) is 2.46. The van der Waals surface area contributed by atoms with Crippen LogP contribution in [0.5, 0.6) is 0 Å². The van der Waals surface area contributed by atoms with Crippen LogP contribution in [0.3, 0.4) is 0 Å². The molecule has 0 aromatic heterocycles. The minimum Gasteiger partial charge on any atom is -0.394 e. The maximum absolute atomic E-state index is 9.77. The largest absolute Gasteiger partial charge is 0.394 e. The predicted octanol–water partition coefficient (Wildman–Crippen LogP) is 1.57. The first kappa shape index (κ1) is 15.2. The zero-order valence-electron chi connectivity index (χ0n) is 12.4. The molecule has 2 aliphatic carbocycles. The van der Waals surface area contributed by atoms with E-state index >= 15 is 0 Å². The Hall–Kier alpha value is -0.160. The SMILES string of the molecule is CC(C)COCCOCC(CO)(NC1CC1)C1CC1. The van der Waals surface area contributed by atoms with Crippen molar-refractivity contribution >= 4 is 0 Å². The highest BCUT2D eigenvalue weighted by molar-refractivity contribution is 5.04. The maximum atomic E-state index is 9.77. The Bertz CT molecular complexity index is 264. The summed E-state index contributed by atoms with van der Waals surface area (Å²) < 4.78 is 11.3. The second-order valence-corrected chi connectivity index (χ2v) is 6.53. The number of hydrogen-bond donors (Lipinski definition) is 2. The van der Waals surface area contributed by atoms with Gasteiger partial charge in [-0.1, -0.05) is 13.8 Å². The lowest BCUT2D eigenvalue weighted by Crippen LogP contribution is -2.55. The molecule has 0 radical (unpaired) electrons. The zero-order chi connectivity index (χ0) is 13.7. The highest BCUT2D eigenvalue weighted by Gasteiger charge is 2.47. The monoisotopic (exact) mass is 271 g/mol. The minimum absolute atomic E-state index is 0.182. The summed E-state index contributed by atoms with van der Waals surface area (Å²) in [5.41, 5.74) is -0.195. The van der Waals surface area contributed by atoms with E-state index in [0.29, 0.717) is 37.7 Å². The molecule has 19 heavy (non-hydrogen) atoms. The first-order valence-corrected chi connectivity index (χ1v) is 7.70. The van der Waals surface area contributed by atoms with Gasteiger partial charge in [-0.3, -0.25) is 0 Å². The van der Waals surface area contributed by atoms with Gasteiger partial charge in [0.2, 0.25) is 0 Å². The predicted molar refractivity (Wildman–Crippen MR) is 75.2 cm³/mol. The molecule has 0 aliphatic heterocycles. The van der Waals surface area contributed by atoms with E-state index < -0.39 is 0 Å². The molecular formula is C15H29NO3. The van der Waals surface area contributed by atoms with Gasteiger partial charge in [0.15, 0.2) is 0 Å². The molecule has 0 saturated heterocycles. The Morgan fingerprint density at radius 3 is 2.37 bits per heavy atom. The highest BCUT2D eigenvalue weighted by atomic mass is 16.5. The van der Waals surface area contributed by atoms with Gasteiger partial charge in [0, 0.05) is 12.6 Å². The summed E-state index contributed by atoms with van der Waals surface area (Å²) in [4.78, 5) is 0. The molecule has 0 heterocycles. The van der Waals surface area contributed by atoms with E-state index in [2.05, 4.69) is 19.2 Å². The molecule has 4 nitrogen and oxygen atoms in total. The topological polar surface area (TPSA) is 50.7 Å². The Kier molecular flexibility index (Phi) is 5.63. The van der Waals surface area contributed by atoms with Gasteiger partial charge in [-0.25, -0.2) is 0 Å². The second kappa shape index (κ2) is 7.02. The van der Waals surface area contributed by atoms with Crippen LogP contribution >= 0.6 is 0 Å². The quantitative estimate of drug-likeness (QED) is 0.560. The van der Waals surface area contributed by atoms with Crippen molar-refractivity contribution in [3.05, 3.63) is 0 Å². The maximum Gasteiger partial charge on any atom is 0.0701 e. The van der Waals surface area contributed by atoms with Crippen LogP contribution in [0.1, 0.15) is 39.5 Å². The van der Waals surface area contributed by atoms with E-state index in [-0.39, 0.29) is 12.1 Å². The summed E-state index contributed by atoms with van der Waals surface area (Å²) in [6, 6.07) is 0.605. The van der Waals surface area contributed by atoms with Crippen LogP contribution < -0.4 is 5.32 Å². The molecule has 2 aliphatic rings. The van der Waals surface area contributed by atoms with Crippen molar-refractivity contribution in [2.24, 2.45) is 11.8 Å². The van der Waals surface area contributed by atoms with Crippen molar-refractivity contribution < 1.29 is 14.6 Å². The summed E-state index contributed by atoms with van der Waals surface area (Å²) in [5.74, 6) is 1.16. The van der Waals surface area contributed by atoms with E-state index in [4.69, 9.17) is 9.47 Å². The molecule has 1 unspecified atom stereocenters. The van der Waals surface area contributed by atoms with Crippen LogP contribution in [-0.4, -0.2) is 49.7 Å². The number of aliphatic hydroxyl groups is 1. The smallest absolute Gasteiger partial charge is 0.0701 e. The van der Waals surface area contributed by atoms with E-state index in [1.165, 1.54) is 25.7 Å². The summed E-state index contributed by atoms with van der Waals surface area (Å²) in [5, 5.41) is 13.4. The molecule has 112 valence electrons. The first-order chi connectivity index (χ1) is 9.16. The molecule has 1 atom stereocenters. The lowest BCUT2D eigenvalue weighted by atomic mass is 9.95. The van der Waals surface area contributed by atoms with E-state index in [1.54, 1.807) is 0 Å². The zero-order valence-corrected chi connectivity index (χ0v) is 12.4. The van der Waals surface area contributed by atoms with Crippen molar-refractivity contribution in [2.45, 2.75) is 51.1 Å². The minimum atomic E-state index is -0.195. The van der Waals surface area contributed by atoms with Crippen LogP contribution in [0, 0.1) is 11.8 Å². The lowest BCUT2D eigenvalue weighted by Gasteiger charge is -2.33. The molecule has 0 spiro atoms. The Balaban J connectivity index is 1.64. The summed E-state index contributed by atoms with van der Waals surface area (Å²) in [7, 11) is 0. The molecule has 2 fully saturated rings. The van der Waals surface area contributed by atoms with E-state index in [9.17, 15) is 5.11 Å². The van der Waals surface area contributed by atoms with Crippen molar-refractivity contribution in [1.29, 1.82) is 0 Å². The van der Waals surface area contributed by atoms with E-state index in [0.717, 1.165) is 6.61 Å². The highest BCUT2D eigenvalue weighted by Crippen LogP contribution is 2.41. The molecule has 0 aromatic carbocycles. The van der Waals surface area contributed by atoms with Crippen LogP contribution in [0.2, 0.25) is 0 Å². The third-order valence-corrected chi connectivity index (χ3v) is 3.89. The van der Waals surface area contributed by atoms with Crippen molar-refractivity contribution in [3.63, 3.8) is 0 Å². The number of hydrogen-bond acceptors (Lipinski definition) is 4. The molecule has 2 N–H and O–H groups in total. The Morgan fingerprint density at radius 1 is 1.16 bits per heavy atom. The van der Waals surface area contributed by atoms with Gasteiger partial charge in [0.05, 0.1) is 32.0 Å². The van der Waals surface area contributed by atoms with Crippen molar-refractivity contribution in [1.82, 2.24) is 5.32 Å². The summed E-state index contributed by atoms with van der Waals surface area (Å²) in [6.45, 7) is 7.13. The van der Waals surface area contributed by atoms with Crippen molar-refractivity contribution in [2.75, 3.05) is 33.0 Å². The first-order valence-electron chi connectivity index (χ1n) is 7.70. The standard InChI is InChI=1S/C15H29NO3/c1-12(2)9-18-7-8-19-11-15(10-17,13-3-4-13)16-14-5-6-14/h12-14,16-17H,3-11H2,1-2H3. The normalized spacial score (nSPS) is 22.7. The second-order valence-electron chi connectivity index (χ2n) is 6.53. The number of aliphatic hydroxyl groups excluding tert-OH is 1. The number of ether oxygens (including phenoxy) is 2. The molecular weight excluding hydrogens is 242 g/mol. The van der Waals surface area contributed by atoms with Gasteiger partial charge in [-0.05, 0) is 37.5 Å². The van der Waals surface area contributed by atoms with Gasteiger partial charge in [-0.15, -0.1) is 0 Å². The molecule has 0 aromatic rings. The third kappa shape index (κ3) is 5.03. The van der Waals surface area contributed by atoms with Crippen LogP contribution in [0.25, 0.3) is 0 Å². The van der Waals surface area contributed by atoms with Crippen LogP contribution in [0.15, 0.2) is 0 Å². The summed E-state index contributed by atoms with van der Waals surface area (Å²) >= 11 is 0. The molecule has 0 bridgehead atoms. The summed E-state index contributed by atoms with van der Waals surface area (Å²) in [6.07, 6.45) is 4.92. The fraction of sp³-hybridized carbons (Fsp3) is 1.00. The lowest BCUT2D eigenvalue weighted by molar-refractivity contribution is -0.00874. The fourth-order valence-electron chi connectivity index (χ4n) is 2.46. The average molecular weight is 271 g/mol. The van der Waals surface area contributed by atoms with Crippen LogP contribution in [0.4, 0.5) is 0 Å². The Morgan fingerprint density at radius 2 is 1.84 bits per heavy atom. The average Bonchev–Trinajstić information content (AvgIpc) is 3.25. The van der Waals surface area contributed by atoms with E-state index in [1.807, 2.05) is 0 Å². The number of nitrogens with one attached hydrogen (secondary N) is 1. The number of rotatable bonds is 11. The molecule has 0 amide bonds. The van der Waals surface area contributed by atoms with Gasteiger partial charge < -0.3 is 19.9 Å². The van der Waals surface area contributed by atoms with Gasteiger partial charge in [-0.2, -0.15) is 0 Å². The third-order valence-electron chi connectivity index (χ3n) is 3.89. The van der Waals surface area contributed by atoms with Crippen LogP contribution in [-0.2, 0) is 9.47 Å². The molecule has 2 rings (SSSR count). The van der Waals surface area contributed by atoms with Gasteiger partial charge in [0.25, 0.3) is 0 Å². The Labute approximate surface area is 116 Å². The van der Waals surface area contributed by atoms with Gasteiger partial charge in [0.1, 0.15) is 0 Å². The van der Waals surface area contributed by atoms with Crippen molar-refractivity contribution in [3.8, 4) is 0 Å².